The number of rotatable bonds is 5. The molecule has 15 heavy (non-hydrogen) atoms. The summed E-state index contributed by atoms with van der Waals surface area (Å²) in [6.07, 6.45) is 2.67. The molecule has 0 aliphatic heterocycles. The molecule has 1 nitrogen and oxygen atoms in total. The Balaban J connectivity index is 2.71. The summed E-state index contributed by atoms with van der Waals surface area (Å²) in [7, 11) is 0. The maximum atomic E-state index is 5.62. The summed E-state index contributed by atoms with van der Waals surface area (Å²) in [5.41, 5.74) is 1.43. The molecule has 0 aliphatic rings. The van der Waals surface area contributed by atoms with E-state index in [0.29, 0.717) is 5.92 Å². The first-order valence-electron chi connectivity index (χ1n) is 5.94. The molecule has 0 aliphatic carbocycles. The van der Waals surface area contributed by atoms with E-state index in [9.17, 15) is 0 Å². The van der Waals surface area contributed by atoms with Crippen molar-refractivity contribution in [1.29, 1.82) is 0 Å². The van der Waals surface area contributed by atoms with Crippen LogP contribution in [-0.4, -0.2) is 6.10 Å². The summed E-state index contributed by atoms with van der Waals surface area (Å²) in [5, 5.41) is 0. The topological polar surface area (TPSA) is 9.23 Å². The molecule has 1 aromatic rings. The van der Waals surface area contributed by atoms with Crippen LogP contribution in [0, 0.1) is 0 Å². The molecule has 0 N–H and O–H groups in total. The van der Waals surface area contributed by atoms with Gasteiger partial charge in [0.15, 0.2) is 0 Å². The van der Waals surface area contributed by atoms with Gasteiger partial charge < -0.3 is 4.74 Å². The molecule has 1 rings (SSSR count). The van der Waals surface area contributed by atoms with Crippen LogP contribution >= 0.6 is 0 Å². The van der Waals surface area contributed by atoms with Crippen LogP contribution in [0.5, 0.6) is 5.75 Å². The van der Waals surface area contributed by atoms with Gasteiger partial charge in [-0.1, -0.05) is 26.0 Å². The van der Waals surface area contributed by atoms with Gasteiger partial charge in [0.1, 0.15) is 5.75 Å². The van der Waals surface area contributed by atoms with E-state index in [1.54, 1.807) is 0 Å². The average molecular weight is 206 g/mol. The van der Waals surface area contributed by atoms with E-state index in [4.69, 9.17) is 4.74 Å². The van der Waals surface area contributed by atoms with Gasteiger partial charge in [0.25, 0.3) is 0 Å². The van der Waals surface area contributed by atoms with Crippen LogP contribution in [0.25, 0.3) is 0 Å². The predicted molar refractivity (Wildman–Crippen MR) is 65.5 cm³/mol. The first-order chi connectivity index (χ1) is 7.17. The summed E-state index contributed by atoms with van der Waals surface area (Å²) in [6.45, 7) is 8.59. The van der Waals surface area contributed by atoms with Crippen LogP contribution in [-0.2, 0) is 0 Å². The summed E-state index contributed by atoms with van der Waals surface area (Å²) in [6, 6.07) is 8.53. The lowest BCUT2D eigenvalue weighted by Crippen LogP contribution is -2.05. The van der Waals surface area contributed by atoms with Crippen molar-refractivity contribution in [2.24, 2.45) is 0 Å². The van der Waals surface area contributed by atoms with Crippen LogP contribution < -0.4 is 4.74 Å². The summed E-state index contributed by atoms with van der Waals surface area (Å²) in [5.74, 6) is 1.66. The first-order valence-corrected chi connectivity index (χ1v) is 5.94. The molecule has 0 aromatic heterocycles. The van der Waals surface area contributed by atoms with E-state index in [1.165, 1.54) is 18.4 Å². The van der Waals surface area contributed by atoms with E-state index in [-0.39, 0.29) is 6.10 Å². The van der Waals surface area contributed by atoms with Gasteiger partial charge in [-0.2, -0.15) is 0 Å². The second-order valence-electron chi connectivity index (χ2n) is 4.25. The lowest BCUT2D eigenvalue weighted by atomic mass is 9.94. The van der Waals surface area contributed by atoms with Crippen molar-refractivity contribution in [3.63, 3.8) is 0 Å². The molecule has 84 valence electrons. The Bertz CT molecular complexity index is 270. The summed E-state index contributed by atoms with van der Waals surface area (Å²) in [4.78, 5) is 0. The van der Waals surface area contributed by atoms with Crippen molar-refractivity contribution < 1.29 is 4.74 Å². The third kappa shape index (κ3) is 3.58. The lowest BCUT2D eigenvalue weighted by molar-refractivity contribution is 0.242. The van der Waals surface area contributed by atoms with Crippen molar-refractivity contribution in [2.45, 2.75) is 52.6 Å². The van der Waals surface area contributed by atoms with E-state index < -0.39 is 0 Å². The van der Waals surface area contributed by atoms with Gasteiger partial charge in [-0.15, -0.1) is 0 Å². The standard InChI is InChI=1S/C14H22O/c1-5-12(6-2)13-7-9-14(10-8-13)15-11(3)4/h7-12H,5-6H2,1-4H3. The molecule has 0 saturated carbocycles. The summed E-state index contributed by atoms with van der Waals surface area (Å²) >= 11 is 0. The molecule has 0 fully saturated rings. The Morgan fingerprint density at radius 1 is 1.00 bits per heavy atom. The number of benzene rings is 1. The number of ether oxygens (including phenoxy) is 1. The highest BCUT2D eigenvalue weighted by Gasteiger charge is 2.06. The van der Waals surface area contributed by atoms with E-state index in [2.05, 4.69) is 52.0 Å². The Labute approximate surface area is 93.5 Å². The smallest absolute Gasteiger partial charge is 0.119 e. The average Bonchev–Trinajstić information content (AvgIpc) is 2.21. The minimum Gasteiger partial charge on any atom is -0.491 e. The second kappa shape index (κ2) is 5.79. The number of hydrogen-bond acceptors (Lipinski definition) is 1. The Hall–Kier alpha value is -0.980. The number of hydrogen-bond donors (Lipinski definition) is 0. The van der Waals surface area contributed by atoms with Crippen LogP contribution in [0.4, 0.5) is 0 Å². The van der Waals surface area contributed by atoms with Crippen LogP contribution in [0.15, 0.2) is 24.3 Å². The fourth-order valence-electron chi connectivity index (χ4n) is 1.85. The van der Waals surface area contributed by atoms with Crippen LogP contribution in [0.1, 0.15) is 52.0 Å². The Morgan fingerprint density at radius 2 is 1.53 bits per heavy atom. The van der Waals surface area contributed by atoms with Gasteiger partial charge in [0.05, 0.1) is 6.10 Å². The van der Waals surface area contributed by atoms with Gasteiger partial charge in [-0.25, -0.2) is 0 Å². The Morgan fingerprint density at radius 3 is 1.93 bits per heavy atom. The van der Waals surface area contributed by atoms with Crippen molar-refractivity contribution in [1.82, 2.24) is 0 Å². The fourth-order valence-corrected chi connectivity index (χ4v) is 1.85. The first kappa shape index (κ1) is 12.1. The molecule has 1 heteroatoms. The molecule has 0 unspecified atom stereocenters. The van der Waals surface area contributed by atoms with Crippen molar-refractivity contribution in [2.75, 3.05) is 0 Å². The molecule has 0 heterocycles. The SMILES string of the molecule is CCC(CC)c1ccc(OC(C)C)cc1. The molecule has 0 saturated heterocycles. The molecule has 0 bridgehead atoms. The second-order valence-corrected chi connectivity index (χ2v) is 4.25. The van der Waals surface area contributed by atoms with Gasteiger partial charge in [0, 0.05) is 0 Å². The molecule has 0 atom stereocenters. The van der Waals surface area contributed by atoms with Gasteiger partial charge >= 0.3 is 0 Å². The lowest BCUT2D eigenvalue weighted by Gasteiger charge is -2.14. The zero-order chi connectivity index (χ0) is 11.3. The highest BCUT2D eigenvalue weighted by molar-refractivity contribution is 5.29. The van der Waals surface area contributed by atoms with Gasteiger partial charge in [-0.05, 0) is 50.3 Å². The highest BCUT2D eigenvalue weighted by Crippen LogP contribution is 2.25. The highest BCUT2D eigenvalue weighted by atomic mass is 16.5. The third-order valence-corrected chi connectivity index (χ3v) is 2.71. The van der Waals surface area contributed by atoms with Gasteiger partial charge in [0.2, 0.25) is 0 Å². The molecule has 1 aromatic carbocycles. The fraction of sp³-hybridized carbons (Fsp3) is 0.571. The normalized spacial score (nSPS) is 11.1. The monoisotopic (exact) mass is 206 g/mol. The Kier molecular flexibility index (Phi) is 4.67. The van der Waals surface area contributed by atoms with Crippen LogP contribution in [0.3, 0.4) is 0 Å². The summed E-state index contributed by atoms with van der Waals surface area (Å²) < 4.78 is 5.62. The minimum atomic E-state index is 0.254. The molecular weight excluding hydrogens is 184 g/mol. The predicted octanol–water partition coefficient (Wildman–Crippen LogP) is 4.38. The maximum Gasteiger partial charge on any atom is 0.119 e. The van der Waals surface area contributed by atoms with Gasteiger partial charge in [-0.3, -0.25) is 0 Å². The van der Waals surface area contributed by atoms with E-state index >= 15 is 0 Å². The molecular formula is C14H22O. The van der Waals surface area contributed by atoms with Crippen molar-refractivity contribution in [3.8, 4) is 5.75 Å². The molecule has 0 amide bonds. The third-order valence-electron chi connectivity index (χ3n) is 2.71. The molecule has 0 radical (unpaired) electrons. The van der Waals surface area contributed by atoms with Crippen LogP contribution in [0.2, 0.25) is 0 Å². The van der Waals surface area contributed by atoms with E-state index in [1.807, 2.05) is 0 Å². The van der Waals surface area contributed by atoms with Crippen molar-refractivity contribution >= 4 is 0 Å². The quantitative estimate of drug-likeness (QED) is 0.694. The largest absolute Gasteiger partial charge is 0.491 e. The van der Waals surface area contributed by atoms with Crippen molar-refractivity contribution in [3.05, 3.63) is 29.8 Å². The minimum absolute atomic E-state index is 0.254. The maximum absolute atomic E-state index is 5.62. The zero-order valence-electron chi connectivity index (χ0n) is 10.3. The zero-order valence-corrected chi connectivity index (χ0v) is 10.3. The van der Waals surface area contributed by atoms with E-state index in [0.717, 1.165) is 5.75 Å². The molecule has 0 spiro atoms.